The van der Waals surface area contributed by atoms with Crippen LogP contribution in [0.3, 0.4) is 0 Å². The molecule has 0 bridgehead atoms. The quantitative estimate of drug-likeness (QED) is 0.718. The van der Waals surface area contributed by atoms with Crippen LogP contribution in [-0.4, -0.2) is 18.5 Å². The minimum absolute atomic E-state index is 0. The molecule has 3 aliphatic rings. The van der Waals surface area contributed by atoms with E-state index < -0.39 is 0 Å². The molecule has 1 aliphatic heterocycles. The fourth-order valence-corrected chi connectivity index (χ4v) is 1.73. The second-order valence-corrected chi connectivity index (χ2v) is 4.69. The van der Waals surface area contributed by atoms with E-state index in [-0.39, 0.29) is 17.1 Å². The fraction of sp³-hybridized carbons (Fsp3) is 0.312. The van der Waals surface area contributed by atoms with E-state index in [1.54, 1.807) is 0 Å². The standard InChI is InChI=1S/C11H14NO.C5H5.Fe/c1-8(2)10-7-13-11(12-10)9-5-3-4-6-9;1-2-4-5-3-1;/h3-6,8,10H,7H2,1-2H3;1-5H;/t10-;;/m1../s1. The molecule has 3 rings (SSSR count). The maximum Gasteiger partial charge on any atom is 0.191 e. The number of ether oxygens (including phenoxy) is 1. The molecule has 19 heavy (non-hydrogen) atoms. The van der Waals surface area contributed by atoms with E-state index >= 15 is 0 Å². The van der Waals surface area contributed by atoms with E-state index in [4.69, 9.17) is 4.74 Å². The van der Waals surface area contributed by atoms with Gasteiger partial charge in [0.05, 0.1) is 12.0 Å². The third-order valence-corrected chi connectivity index (χ3v) is 2.91. The minimum Gasteiger partial charge on any atom is -0.478 e. The Labute approximate surface area is 129 Å². The number of hydrogen-bond donors (Lipinski definition) is 0. The van der Waals surface area contributed by atoms with E-state index in [0.717, 1.165) is 18.4 Å². The molecule has 10 radical (unpaired) electrons. The van der Waals surface area contributed by atoms with Crippen LogP contribution in [0.1, 0.15) is 13.8 Å². The topological polar surface area (TPSA) is 21.6 Å². The number of hydrogen-bond acceptors (Lipinski definition) is 2. The molecular weight excluding hydrogens is 278 g/mol. The van der Waals surface area contributed by atoms with Gasteiger partial charge in [-0.1, -0.05) is 13.8 Å². The summed E-state index contributed by atoms with van der Waals surface area (Å²) >= 11 is 0. The van der Waals surface area contributed by atoms with E-state index in [1.165, 1.54) is 0 Å². The van der Waals surface area contributed by atoms with E-state index in [1.807, 2.05) is 57.8 Å². The Morgan fingerprint density at radius 3 is 1.95 bits per heavy atom. The van der Waals surface area contributed by atoms with Crippen LogP contribution in [-0.2, 0) is 21.8 Å². The molecule has 2 fully saturated rings. The van der Waals surface area contributed by atoms with Gasteiger partial charge < -0.3 is 4.74 Å². The average molecular weight is 297 g/mol. The summed E-state index contributed by atoms with van der Waals surface area (Å²) in [7, 11) is 0. The summed E-state index contributed by atoms with van der Waals surface area (Å²) in [6.45, 7) is 5.08. The van der Waals surface area contributed by atoms with Gasteiger partial charge in [0.1, 0.15) is 6.61 Å². The summed E-state index contributed by atoms with van der Waals surface area (Å²) < 4.78 is 5.52. The Morgan fingerprint density at radius 1 is 1.00 bits per heavy atom. The van der Waals surface area contributed by atoms with Crippen molar-refractivity contribution in [2.75, 3.05) is 6.61 Å². The van der Waals surface area contributed by atoms with Gasteiger partial charge in [0, 0.05) is 17.1 Å². The molecule has 102 valence electrons. The molecule has 0 aromatic heterocycles. The second-order valence-electron chi connectivity index (χ2n) is 4.69. The van der Waals surface area contributed by atoms with Crippen LogP contribution in [0.5, 0.6) is 0 Å². The van der Waals surface area contributed by atoms with Gasteiger partial charge >= 0.3 is 0 Å². The van der Waals surface area contributed by atoms with Crippen LogP contribution in [0.2, 0.25) is 0 Å². The molecule has 2 nitrogen and oxygen atoms in total. The smallest absolute Gasteiger partial charge is 0.191 e. The summed E-state index contributed by atoms with van der Waals surface area (Å²) in [4.78, 5) is 4.52. The van der Waals surface area contributed by atoms with Crippen molar-refractivity contribution in [3.63, 3.8) is 0 Å². The molecule has 1 atom stereocenters. The van der Waals surface area contributed by atoms with Gasteiger partial charge in [0.2, 0.25) is 0 Å². The van der Waals surface area contributed by atoms with Gasteiger partial charge in [-0.25, -0.2) is 4.99 Å². The predicted molar refractivity (Wildman–Crippen MR) is 74.0 cm³/mol. The SMILES string of the molecule is CC(C)[C@H]1COC([C]2[CH][CH][CH][CH]2)=N1.[CH]1[CH][CH][CH][CH]1.[Fe]. The monoisotopic (exact) mass is 297 g/mol. The van der Waals surface area contributed by atoms with Crippen molar-refractivity contribution in [2.24, 2.45) is 10.9 Å². The van der Waals surface area contributed by atoms with Gasteiger partial charge in [-0.05, 0) is 63.7 Å². The van der Waals surface area contributed by atoms with Gasteiger partial charge in [-0.15, -0.1) is 0 Å². The maximum atomic E-state index is 5.52. The zero-order valence-electron chi connectivity index (χ0n) is 11.3. The molecule has 0 unspecified atom stereocenters. The minimum atomic E-state index is 0. The van der Waals surface area contributed by atoms with Crippen LogP contribution in [0.25, 0.3) is 0 Å². The van der Waals surface area contributed by atoms with Gasteiger partial charge in [0.25, 0.3) is 0 Å². The average Bonchev–Trinajstić information content (AvgIpc) is 3.14. The first-order valence-corrected chi connectivity index (χ1v) is 6.36. The molecule has 0 amide bonds. The first-order valence-electron chi connectivity index (χ1n) is 6.36. The summed E-state index contributed by atoms with van der Waals surface area (Å²) in [5, 5.41) is 0. The largest absolute Gasteiger partial charge is 0.478 e. The summed E-state index contributed by atoms with van der Waals surface area (Å²) in [5.74, 6) is 2.47. The zero-order valence-corrected chi connectivity index (χ0v) is 12.4. The zero-order chi connectivity index (χ0) is 12.8. The summed E-state index contributed by atoms with van der Waals surface area (Å²) in [6, 6.07) is 0.338. The van der Waals surface area contributed by atoms with Gasteiger partial charge in [-0.3, -0.25) is 0 Å². The molecule has 0 N–H and O–H groups in total. The Balaban J connectivity index is 0.000000256. The Bertz CT molecular complexity index is 260. The first kappa shape index (κ1) is 17.0. The Hall–Kier alpha value is -0.0105. The summed E-state index contributed by atoms with van der Waals surface area (Å²) in [6.07, 6.45) is 18.1. The molecule has 0 aromatic rings. The molecule has 2 saturated carbocycles. The van der Waals surface area contributed by atoms with E-state index in [2.05, 4.69) is 18.8 Å². The van der Waals surface area contributed by atoms with E-state index in [0.29, 0.717) is 12.0 Å². The summed E-state index contributed by atoms with van der Waals surface area (Å²) in [5.41, 5.74) is 0. The van der Waals surface area contributed by atoms with Crippen molar-refractivity contribution in [1.29, 1.82) is 0 Å². The van der Waals surface area contributed by atoms with Crippen molar-refractivity contribution in [2.45, 2.75) is 19.9 Å². The van der Waals surface area contributed by atoms with Crippen LogP contribution < -0.4 is 0 Å². The molecule has 0 spiro atoms. The second kappa shape index (κ2) is 9.02. The van der Waals surface area contributed by atoms with Crippen molar-refractivity contribution in [3.8, 4) is 0 Å². The normalized spacial score (nSPS) is 26.5. The predicted octanol–water partition coefficient (Wildman–Crippen LogP) is 2.86. The van der Waals surface area contributed by atoms with Crippen LogP contribution >= 0.6 is 0 Å². The molecule has 0 saturated heterocycles. The Kier molecular flexibility index (Phi) is 8.09. The number of rotatable bonds is 2. The van der Waals surface area contributed by atoms with Crippen LogP contribution in [0.4, 0.5) is 0 Å². The van der Waals surface area contributed by atoms with E-state index in [9.17, 15) is 0 Å². The number of aliphatic imine (C=N–C) groups is 1. The number of nitrogens with zero attached hydrogens (tertiary/aromatic N) is 1. The third kappa shape index (κ3) is 5.47. The Morgan fingerprint density at radius 2 is 1.53 bits per heavy atom. The van der Waals surface area contributed by atoms with Crippen molar-refractivity contribution >= 4 is 5.90 Å². The maximum absolute atomic E-state index is 5.52. The first-order chi connectivity index (χ1) is 8.77. The van der Waals surface area contributed by atoms with Crippen LogP contribution in [0, 0.1) is 69.6 Å². The molecule has 3 heteroatoms. The molecule has 0 aromatic carbocycles. The van der Waals surface area contributed by atoms with Crippen molar-refractivity contribution in [3.05, 3.63) is 63.7 Å². The molecule has 2 aliphatic carbocycles. The molecular formula is C16H19FeNO. The van der Waals surface area contributed by atoms with Crippen molar-refractivity contribution < 1.29 is 21.8 Å². The molecule has 1 heterocycles. The van der Waals surface area contributed by atoms with Crippen LogP contribution in [0.15, 0.2) is 4.99 Å². The van der Waals surface area contributed by atoms with Gasteiger partial charge in [0.15, 0.2) is 5.90 Å². The van der Waals surface area contributed by atoms with Gasteiger partial charge in [-0.2, -0.15) is 0 Å². The van der Waals surface area contributed by atoms with Crippen molar-refractivity contribution in [1.82, 2.24) is 0 Å². The third-order valence-electron chi connectivity index (χ3n) is 2.91. The fourth-order valence-electron chi connectivity index (χ4n) is 1.73.